The summed E-state index contributed by atoms with van der Waals surface area (Å²) in [4.78, 5) is 34.0. The van der Waals surface area contributed by atoms with E-state index in [0.29, 0.717) is 0 Å². The summed E-state index contributed by atoms with van der Waals surface area (Å²) in [7, 11) is 1.21. The van der Waals surface area contributed by atoms with Crippen LogP contribution in [0.3, 0.4) is 0 Å². The maximum atomic E-state index is 11.8. The van der Waals surface area contributed by atoms with Crippen molar-refractivity contribution in [2.75, 3.05) is 25.5 Å². The SMILES string of the molecule is COC(=O)[C@H](Cc1ccccc1)NC(=O)[C@@H](N)CC(=O)O.OC[C@H]1O[C@H](O[C@]2(CCl)O[C@H](CCl)[C@@H](O)[C@@H]2O)[C@H](O)[C@@H](O)[C@H]1Cl. The number of nitrogens with one attached hydrogen (secondary N) is 1. The van der Waals surface area contributed by atoms with E-state index >= 15 is 0 Å². The zero-order chi connectivity index (χ0) is 33.2. The van der Waals surface area contributed by atoms with Gasteiger partial charge in [-0.2, -0.15) is 0 Å². The van der Waals surface area contributed by atoms with Crippen LogP contribution in [0.25, 0.3) is 0 Å². The summed E-state index contributed by atoms with van der Waals surface area (Å²) in [5.74, 6) is -4.94. The highest BCUT2D eigenvalue weighted by atomic mass is 35.5. The Morgan fingerprint density at radius 3 is 2.20 bits per heavy atom. The molecule has 3 rings (SSSR count). The van der Waals surface area contributed by atoms with E-state index in [1.165, 1.54) is 7.11 Å². The maximum absolute atomic E-state index is 11.8. The van der Waals surface area contributed by atoms with Gasteiger partial charge in [-0.05, 0) is 5.56 Å². The molecule has 0 unspecified atom stereocenters. The number of ether oxygens (including phenoxy) is 4. The topological polar surface area (TPSA) is 248 Å². The van der Waals surface area contributed by atoms with E-state index in [4.69, 9.17) is 59.9 Å². The summed E-state index contributed by atoms with van der Waals surface area (Å²) < 4.78 is 20.8. The van der Waals surface area contributed by atoms with Crippen LogP contribution in [-0.2, 0) is 39.8 Å². The smallest absolute Gasteiger partial charge is 0.328 e. The highest BCUT2D eigenvalue weighted by Gasteiger charge is 2.58. The quantitative estimate of drug-likeness (QED) is 0.0876. The number of carboxylic acid groups (broad SMARTS) is 1. The molecule has 2 saturated heterocycles. The minimum absolute atomic E-state index is 0.125. The van der Waals surface area contributed by atoms with E-state index in [9.17, 15) is 39.9 Å². The van der Waals surface area contributed by atoms with E-state index in [-0.39, 0.29) is 12.3 Å². The molecule has 9 N–H and O–H groups in total. The molecule has 11 atom stereocenters. The van der Waals surface area contributed by atoms with Gasteiger partial charge in [0.1, 0.15) is 42.7 Å². The minimum atomic E-state index is -1.90. The van der Waals surface area contributed by atoms with Gasteiger partial charge in [0.25, 0.3) is 0 Å². The van der Waals surface area contributed by atoms with E-state index in [1.807, 2.05) is 18.2 Å². The van der Waals surface area contributed by atoms with Crippen molar-refractivity contribution in [3.63, 3.8) is 0 Å². The van der Waals surface area contributed by atoms with Crippen molar-refractivity contribution in [1.29, 1.82) is 0 Å². The van der Waals surface area contributed by atoms with E-state index in [1.54, 1.807) is 12.1 Å². The highest BCUT2D eigenvalue weighted by molar-refractivity contribution is 6.21. The number of halogens is 3. The molecule has 0 radical (unpaired) electrons. The number of esters is 1. The lowest BCUT2D eigenvalue weighted by atomic mass is 10.0. The fraction of sp³-hybridized carbons (Fsp3) is 0.654. The Morgan fingerprint density at radius 1 is 1.07 bits per heavy atom. The van der Waals surface area contributed by atoms with Gasteiger partial charge < -0.3 is 60.6 Å². The largest absolute Gasteiger partial charge is 0.481 e. The van der Waals surface area contributed by atoms with Crippen LogP contribution in [0, 0.1) is 0 Å². The van der Waals surface area contributed by atoms with Crippen molar-refractivity contribution in [2.24, 2.45) is 5.73 Å². The number of alkyl halides is 3. The van der Waals surface area contributed by atoms with Crippen LogP contribution >= 0.6 is 34.8 Å². The van der Waals surface area contributed by atoms with Gasteiger partial charge in [-0.15, -0.1) is 34.8 Å². The molecule has 2 fully saturated rings. The molecule has 0 spiro atoms. The van der Waals surface area contributed by atoms with Gasteiger partial charge in [0, 0.05) is 6.42 Å². The third-order valence-corrected chi connectivity index (χ3v) is 7.99. The van der Waals surface area contributed by atoms with E-state index < -0.39 is 103 Å². The Balaban J connectivity index is 0.000000308. The number of hydrogen-bond donors (Lipinski definition) is 8. The molecule has 0 aromatic heterocycles. The molecule has 0 bridgehead atoms. The Bertz CT molecular complexity index is 1070. The van der Waals surface area contributed by atoms with Gasteiger partial charge in [0.05, 0.1) is 43.3 Å². The van der Waals surface area contributed by atoms with Crippen molar-refractivity contribution in [1.82, 2.24) is 5.32 Å². The van der Waals surface area contributed by atoms with Crippen molar-refractivity contribution in [2.45, 2.75) is 79.0 Å². The number of aliphatic hydroxyl groups excluding tert-OH is 5. The van der Waals surface area contributed by atoms with Crippen LogP contribution in [-0.4, -0.2) is 140 Å². The van der Waals surface area contributed by atoms with Gasteiger partial charge in [0.15, 0.2) is 6.29 Å². The Labute approximate surface area is 267 Å². The standard InChI is InChI=1S/C14H18N2O5.C12H19Cl3O8/c1-21-14(20)11(7-9-5-3-2-4-6-9)16-13(19)10(15)8-12(17)18;13-1-4-7(17)10(20)12(3-14,22-4)23-11-9(19)8(18)6(15)5(2-16)21-11/h2-6,10-11H,7-8,15H2,1H3,(H,16,19)(H,17,18);4-11,16-20H,1-3H2/t10-,11-;4-,5-,6+,7-,8+,9-,10+,11-,12+/m01/s1. The van der Waals surface area contributed by atoms with Crippen molar-refractivity contribution in [3.05, 3.63) is 35.9 Å². The molecule has 0 aliphatic carbocycles. The van der Waals surface area contributed by atoms with Crippen LogP contribution < -0.4 is 11.1 Å². The summed E-state index contributed by atoms with van der Waals surface area (Å²) in [6.45, 7) is -0.526. The van der Waals surface area contributed by atoms with E-state index in [2.05, 4.69) is 10.1 Å². The molecule has 2 aliphatic heterocycles. The van der Waals surface area contributed by atoms with E-state index in [0.717, 1.165) is 5.56 Å². The first-order chi connectivity index (χ1) is 20.7. The number of amides is 1. The van der Waals surface area contributed by atoms with Crippen LogP contribution in [0.15, 0.2) is 30.3 Å². The number of methoxy groups -OCH3 is 1. The molecule has 0 saturated carbocycles. The zero-order valence-electron chi connectivity index (χ0n) is 23.4. The van der Waals surface area contributed by atoms with Gasteiger partial charge in [0.2, 0.25) is 11.7 Å². The second-order valence-corrected chi connectivity index (χ2v) is 11.0. The molecule has 2 heterocycles. The van der Waals surface area contributed by atoms with Gasteiger partial charge >= 0.3 is 11.9 Å². The van der Waals surface area contributed by atoms with Gasteiger partial charge in [-0.1, -0.05) is 30.3 Å². The molecular weight excluding hydrogens is 655 g/mol. The van der Waals surface area contributed by atoms with Crippen LogP contribution in [0.5, 0.6) is 0 Å². The molecule has 1 amide bonds. The number of carbonyl (C=O) groups excluding carboxylic acids is 2. The average Bonchev–Trinajstić information content (AvgIpc) is 3.25. The summed E-state index contributed by atoms with van der Waals surface area (Å²) in [6, 6.07) is 6.93. The first-order valence-electron chi connectivity index (χ1n) is 13.2. The molecule has 44 heavy (non-hydrogen) atoms. The number of rotatable bonds is 12. The second kappa shape index (κ2) is 17.7. The molecular formula is C26H37Cl3N2O13. The van der Waals surface area contributed by atoms with Gasteiger partial charge in [-0.3, -0.25) is 9.59 Å². The summed E-state index contributed by atoms with van der Waals surface area (Å²) in [6.07, 6.45) is -9.67. The first kappa shape index (κ1) is 38.3. The van der Waals surface area contributed by atoms with Crippen molar-refractivity contribution in [3.8, 4) is 0 Å². The predicted octanol–water partition coefficient (Wildman–Crippen LogP) is -1.97. The molecule has 18 heteroatoms. The molecule has 2 aliphatic rings. The van der Waals surface area contributed by atoms with Crippen molar-refractivity contribution >= 4 is 52.6 Å². The fourth-order valence-electron chi connectivity index (χ4n) is 4.30. The maximum Gasteiger partial charge on any atom is 0.328 e. The Hall–Kier alpha value is -1.86. The Morgan fingerprint density at radius 2 is 1.70 bits per heavy atom. The van der Waals surface area contributed by atoms with Crippen LogP contribution in [0.1, 0.15) is 12.0 Å². The van der Waals surface area contributed by atoms with Gasteiger partial charge in [-0.25, -0.2) is 4.79 Å². The number of aliphatic hydroxyl groups is 5. The summed E-state index contributed by atoms with van der Waals surface area (Å²) in [5.41, 5.74) is 6.29. The minimum Gasteiger partial charge on any atom is -0.481 e. The number of carboxylic acids is 1. The second-order valence-electron chi connectivity index (χ2n) is 9.94. The fourth-order valence-corrected chi connectivity index (χ4v) is 5.12. The lowest BCUT2D eigenvalue weighted by Gasteiger charge is -2.43. The lowest BCUT2D eigenvalue weighted by Crippen LogP contribution is -2.61. The predicted molar refractivity (Wildman–Crippen MR) is 154 cm³/mol. The normalized spacial score (nSPS) is 33.0. The summed E-state index contributed by atoms with van der Waals surface area (Å²) in [5, 5.41) is 59.2. The molecule has 1 aromatic carbocycles. The van der Waals surface area contributed by atoms with Crippen LogP contribution in [0.4, 0.5) is 0 Å². The average molecular weight is 692 g/mol. The highest BCUT2D eigenvalue weighted by Crippen LogP contribution is 2.38. The lowest BCUT2D eigenvalue weighted by molar-refractivity contribution is -0.357. The summed E-state index contributed by atoms with van der Waals surface area (Å²) >= 11 is 17.3. The third-order valence-electron chi connectivity index (χ3n) is 6.78. The number of benzene rings is 1. The number of carbonyl (C=O) groups is 3. The third kappa shape index (κ3) is 9.82. The van der Waals surface area contributed by atoms with Crippen LogP contribution in [0.2, 0.25) is 0 Å². The number of hydrogen-bond acceptors (Lipinski definition) is 13. The number of aliphatic carboxylic acids is 1. The first-order valence-corrected chi connectivity index (χ1v) is 14.7. The molecule has 15 nitrogen and oxygen atoms in total. The molecule has 250 valence electrons. The Kier molecular flexibility index (Phi) is 15.4. The zero-order valence-corrected chi connectivity index (χ0v) is 25.7. The van der Waals surface area contributed by atoms with Crippen molar-refractivity contribution < 1.29 is 64.0 Å². The molecule has 1 aromatic rings. The monoisotopic (exact) mass is 690 g/mol. The number of nitrogens with two attached hydrogens (primary N) is 1.